The molecule has 0 saturated heterocycles. The third-order valence-electron chi connectivity index (χ3n) is 2.46. The number of ether oxygens (including phenoxy) is 1. The highest BCUT2D eigenvalue weighted by molar-refractivity contribution is 5.66. The van der Waals surface area contributed by atoms with E-state index < -0.39 is 23.8 Å². The lowest BCUT2D eigenvalue weighted by atomic mass is 10.0. The Hall–Kier alpha value is -1.33. The van der Waals surface area contributed by atoms with Crippen molar-refractivity contribution in [2.75, 3.05) is 13.2 Å². The summed E-state index contributed by atoms with van der Waals surface area (Å²) in [7, 11) is 0. The second-order valence-corrected chi connectivity index (χ2v) is 4.92. The summed E-state index contributed by atoms with van der Waals surface area (Å²) in [6, 6.07) is -0.475. The minimum absolute atomic E-state index is 0.129. The van der Waals surface area contributed by atoms with Crippen LogP contribution >= 0.6 is 0 Å². The third-order valence-corrected chi connectivity index (χ3v) is 2.46. The second kappa shape index (κ2) is 7.18. The maximum atomic E-state index is 11.3. The number of hydrogen-bond donors (Lipinski definition) is 2. The molecule has 0 aromatic rings. The molecule has 0 fully saturated rings. The zero-order chi connectivity index (χ0) is 14.3. The van der Waals surface area contributed by atoms with Crippen molar-refractivity contribution in [3.8, 4) is 0 Å². The standard InChI is InChI=1S/C13H23NO4/c1-6-10(9-18-11(7-2)8-15)14(12(16)17)13(3,4)5/h6-7,10-11,15H,1-2,8-9H2,3-5H3,(H,16,17)/t10-,11?/m0/s1. The fraction of sp³-hybridized carbons (Fsp3) is 0.615. The fourth-order valence-corrected chi connectivity index (χ4v) is 1.59. The van der Waals surface area contributed by atoms with E-state index in [0.717, 1.165) is 0 Å². The van der Waals surface area contributed by atoms with Crippen LogP contribution in [0.25, 0.3) is 0 Å². The summed E-state index contributed by atoms with van der Waals surface area (Å²) in [4.78, 5) is 12.6. The molecule has 104 valence electrons. The molecule has 1 unspecified atom stereocenters. The average Bonchev–Trinajstić information content (AvgIpc) is 2.26. The lowest BCUT2D eigenvalue weighted by Gasteiger charge is -2.38. The molecule has 0 heterocycles. The molecular formula is C13H23NO4. The molecule has 0 bridgehead atoms. The Morgan fingerprint density at radius 1 is 1.39 bits per heavy atom. The van der Waals surface area contributed by atoms with Crippen LogP contribution in [0.4, 0.5) is 4.79 Å². The van der Waals surface area contributed by atoms with Gasteiger partial charge in [0.1, 0.15) is 0 Å². The monoisotopic (exact) mass is 257 g/mol. The Labute approximate surface area is 108 Å². The van der Waals surface area contributed by atoms with Crippen LogP contribution in [-0.2, 0) is 4.74 Å². The second-order valence-electron chi connectivity index (χ2n) is 4.92. The predicted octanol–water partition coefficient (Wildman–Crippen LogP) is 1.88. The van der Waals surface area contributed by atoms with Crippen molar-refractivity contribution in [3.63, 3.8) is 0 Å². The number of rotatable bonds is 7. The van der Waals surface area contributed by atoms with Gasteiger partial charge in [0.25, 0.3) is 0 Å². The summed E-state index contributed by atoms with van der Waals surface area (Å²) in [5, 5.41) is 18.2. The van der Waals surface area contributed by atoms with E-state index in [2.05, 4.69) is 13.2 Å². The number of hydrogen-bond acceptors (Lipinski definition) is 3. The first-order valence-electron chi connectivity index (χ1n) is 5.77. The minimum Gasteiger partial charge on any atom is -0.465 e. The van der Waals surface area contributed by atoms with Crippen molar-refractivity contribution < 1.29 is 19.7 Å². The van der Waals surface area contributed by atoms with Gasteiger partial charge in [0.15, 0.2) is 0 Å². The van der Waals surface area contributed by atoms with Crippen molar-refractivity contribution in [1.82, 2.24) is 4.90 Å². The number of nitrogens with zero attached hydrogens (tertiary/aromatic N) is 1. The zero-order valence-electron chi connectivity index (χ0n) is 11.3. The van der Waals surface area contributed by atoms with Gasteiger partial charge >= 0.3 is 6.09 Å². The van der Waals surface area contributed by atoms with Crippen LogP contribution in [0.5, 0.6) is 0 Å². The summed E-state index contributed by atoms with van der Waals surface area (Å²) in [5.74, 6) is 0. The number of carbonyl (C=O) groups is 1. The topological polar surface area (TPSA) is 70.0 Å². The minimum atomic E-state index is -1.03. The fourth-order valence-electron chi connectivity index (χ4n) is 1.59. The van der Waals surface area contributed by atoms with Gasteiger partial charge in [0.2, 0.25) is 0 Å². The van der Waals surface area contributed by atoms with E-state index in [1.807, 2.05) is 0 Å². The van der Waals surface area contributed by atoms with E-state index in [9.17, 15) is 9.90 Å². The molecule has 0 saturated carbocycles. The molecule has 0 aliphatic heterocycles. The zero-order valence-corrected chi connectivity index (χ0v) is 11.3. The van der Waals surface area contributed by atoms with Crippen molar-refractivity contribution in [2.24, 2.45) is 0 Å². The summed E-state index contributed by atoms with van der Waals surface area (Å²) in [6.45, 7) is 12.5. The SMILES string of the molecule is C=CC(CO)OC[C@H](C=C)N(C(=O)O)C(C)(C)C. The number of aliphatic hydroxyl groups is 1. The average molecular weight is 257 g/mol. The van der Waals surface area contributed by atoms with Gasteiger partial charge in [0, 0.05) is 5.54 Å². The predicted molar refractivity (Wildman–Crippen MR) is 70.6 cm³/mol. The molecule has 0 aliphatic carbocycles. The number of carboxylic acid groups (broad SMARTS) is 1. The summed E-state index contributed by atoms with van der Waals surface area (Å²) < 4.78 is 5.38. The summed E-state index contributed by atoms with van der Waals surface area (Å²) in [5.41, 5.74) is -0.559. The van der Waals surface area contributed by atoms with Gasteiger partial charge in [-0.15, -0.1) is 13.2 Å². The highest BCUT2D eigenvalue weighted by Crippen LogP contribution is 2.18. The Morgan fingerprint density at radius 2 is 1.94 bits per heavy atom. The van der Waals surface area contributed by atoms with Crippen LogP contribution in [0.2, 0.25) is 0 Å². The Bertz CT molecular complexity index is 296. The van der Waals surface area contributed by atoms with Gasteiger partial charge in [-0.2, -0.15) is 0 Å². The molecule has 0 spiro atoms. The maximum Gasteiger partial charge on any atom is 0.408 e. The third kappa shape index (κ3) is 4.89. The van der Waals surface area contributed by atoms with E-state index in [1.54, 1.807) is 20.8 Å². The summed E-state index contributed by atoms with van der Waals surface area (Å²) in [6.07, 6.45) is 1.47. The molecule has 0 aromatic heterocycles. The van der Waals surface area contributed by atoms with Gasteiger partial charge < -0.3 is 14.9 Å². The van der Waals surface area contributed by atoms with Crippen LogP contribution in [0.3, 0.4) is 0 Å². The Morgan fingerprint density at radius 3 is 2.22 bits per heavy atom. The Balaban J connectivity index is 4.77. The smallest absolute Gasteiger partial charge is 0.408 e. The molecule has 0 aromatic carbocycles. The van der Waals surface area contributed by atoms with Crippen molar-refractivity contribution in [3.05, 3.63) is 25.3 Å². The first-order chi connectivity index (χ1) is 8.27. The van der Waals surface area contributed by atoms with Crippen molar-refractivity contribution in [1.29, 1.82) is 0 Å². The van der Waals surface area contributed by atoms with Crippen LogP contribution in [0, 0.1) is 0 Å². The molecule has 5 nitrogen and oxygen atoms in total. The Kier molecular flexibility index (Phi) is 6.65. The lowest BCUT2D eigenvalue weighted by Crippen LogP contribution is -2.52. The molecule has 2 atom stereocenters. The first kappa shape index (κ1) is 16.7. The first-order valence-corrected chi connectivity index (χ1v) is 5.77. The largest absolute Gasteiger partial charge is 0.465 e. The highest BCUT2D eigenvalue weighted by Gasteiger charge is 2.32. The van der Waals surface area contributed by atoms with Crippen LogP contribution in [-0.4, -0.2) is 52.1 Å². The van der Waals surface area contributed by atoms with Crippen LogP contribution < -0.4 is 0 Å². The van der Waals surface area contributed by atoms with Gasteiger partial charge in [-0.05, 0) is 20.8 Å². The quantitative estimate of drug-likeness (QED) is 0.683. The molecule has 0 aliphatic rings. The molecule has 2 N–H and O–H groups in total. The maximum absolute atomic E-state index is 11.3. The van der Waals surface area contributed by atoms with E-state index in [4.69, 9.17) is 9.84 Å². The van der Waals surface area contributed by atoms with Gasteiger partial charge in [-0.25, -0.2) is 4.79 Å². The molecule has 0 radical (unpaired) electrons. The number of amides is 1. The molecule has 5 heteroatoms. The van der Waals surface area contributed by atoms with E-state index >= 15 is 0 Å². The van der Waals surface area contributed by atoms with Crippen LogP contribution in [0.15, 0.2) is 25.3 Å². The van der Waals surface area contributed by atoms with E-state index in [0.29, 0.717) is 0 Å². The molecule has 0 rings (SSSR count). The van der Waals surface area contributed by atoms with Gasteiger partial charge in [-0.3, -0.25) is 4.90 Å². The normalized spacial score (nSPS) is 14.7. The molecule has 18 heavy (non-hydrogen) atoms. The van der Waals surface area contributed by atoms with Crippen molar-refractivity contribution >= 4 is 6.09 Å². The number of aliphatic hydroxyl groups excluding tert-OH is 1. The van der Waals surface area contributed by atoms with E-state index in [-0.39, 0.29) is 13.2 Å². The highest BCUT2D eigenvalue weighted by atomic mass is 16.5. The molecule has 1 amide bonds. The van der Waals surface area contributed by atoms with E-state index in [1.165, 1.54) is 17.1 Å². The molecular weight excluding hydrogens is 234 g/mol. The van der Waals surface area contributed by atoms with Gasteiger partial charge in [0.05, 0.1) is 25.4 Å². The lowest BCUT2D eigenvalue weighted by molar-refractivity contribution is -0.0000120. The van der Waals surface area contributed by atoms with Gasteiger partial charge in [-0.1, -0.05) is 12.2 Å². The van der Waals surface area contributed by atoms with Crippen LogP contribution in [0.1, 0.15) is 20.8 Å². The summed E-state index contributed by atoms with van der Waals surface area (Å²) >= 11 is 0. The van der Waals surface area contributed by atoms with Crippen molar-refractivity contribution in [2.45, 2.75) is 38.5 Å².